The summed E-state index contributed by atoms with van der Waals surface area (Å²) in [5.41, 5.74) is 0. The largest absolute Gasteiger partial charge is 0.394 e. The van der Waals surface area contributed by atoms with Crippen molar-refractivity contribution >= 4 is 5.91 Å². The Morgan fingerprint density at radius 2 is 0.750 bits per heavy atom. The topological polar surface area (TPSA) is 89.8 Å². The van der Waals surface area contributed by atoms with Gasteiger partial charge in [0.2, 0.25) is 5.91 Å². The van der Waals surface area contributed by atoms with E-state index >= 15 is 0 Å². The standard InChI is InChI=1S/C47H93NO4/c1-3-5-7-9-11-13-15-17-19-20-21-22-23-24-25-26-27-28-30-31-33-35-37-39-41-45(50)44(43-49)48-47(52)46(51)42-40-38-36-34-32-29-18-16-14-12-10-8-6-4-2/h39,41,44-46,49-51H,3-38,40,42-43H2,1-2H3,(H,48,52)/b41-39+. The number of amides is 1. The van der Waals surface area contributed by atoms with E-state index in [9.17, 15) is 20.1 Å². The Morgan fingerprint density at radius 1 is 0.462 bits per heavy atom. The SMILES string of the molecule is CCCCCCCCCCCCCCCCCCCCCCCC/C=C/C(O)C(CO)NC(=O)C(O)CCCCCCCCCCCCCCCC. The molecule has 0 radical (unpaired) electrons. The van der Waals surface area contributed by atoms with Crippen molar-refractivity contribution in [2.45, 2.75) is 276 Å². The number of hydrogen-bond donors (Lipinski definition) is 4. The first-order valence-electron chi connectivity index (χ1n) is 23.5. The first kappa shape index (κ1) is 51.1. The summed E-state index contributed by atoms with van der Waals surface area (Å²) in [6.45, 7) is 4.20. The molecule has 0 saturated heterocycles. The fourth-order valence-electron chi connectivity index (χ4n) is 7.42. The number of unbranched alkanes of at least 4 members (excludes halogenated alkanes) is 35. The molecule has 52 heavy (non-hydrogen) atoms. The molecule has 1 amide bonds. The molecule has 0 heterocycles. The molecule has 0 spiro atoms. The second kappa shape index (κ2) is 42.8. The molecule has 0 rings (SSSR count). The van der Waals surface area contributed by atoms with Crippen molar-refractivity contribution in [3.05, 3.63) is 12.2 Å². The van der Waals surface area contributed by atoms with Crippen LogP contribution in [0.2, 0.25) is 0 Å². The molecule has 0 aliphatic carbocycles. The summed E-state index contributed by atoms with van der Waals surface area (Å²) in [5.74, 6) is -0.499. The average Bonchev–Trinajstić information content (AvgIpc) is 3.15. The Labute approximate surface area is 325 Å². The van der Waals surface area contributed by atoms with Crippen LogP contribution in [0.3, 0.4) is 0 Å². The van der Waals surface area contributed by atoms with E-state index in [0.29, 0.717) is 6.42 Å². The third kappa shape index (κ3) is 37.4. The highest BCUT2D eigenvalue weighted by Gasteiger charge is 2.22. The first-order chi connectivity index (χ1) is 25.6. The van der Waals surface area contributed by atoms with Crippen molar-refractivity contribution < 1.29 is 20.1 Å². The maximum atomic E-state index is 12.5. The van der Waals surface area contributed by atoms with Crippen LogP contribution < -0.4 is 5.32 Å². The zero-order chi connectivity index (χ0) is 38.0. The maximum absolute atomic E-state index is 12.5. The second-order valence-corrected chi connectivity index (χ2v) is 16.3. The van der Waals surface area contributed by atoms with E-state index in [1.54, 1.807) is 6.08 Å². The Balaban J connectivity index is 3.59. The summed E-state index contributed by atoms with van der Waals surface area (Å²) in [5, 5.41) is 33.2. The van der Waals surface area contributed by atoms with Crippen molar-refractivity contribution in [2.24, 2.45) is 0 Å². The number of nitrogens with one attached hydrogen (secondary N) is 1. The summed E-state index contributed by atoms with van der Waals surface area (Å²) < 4.78 is 0. The number of rotatable bonds is 43. The van der Waals surface area contributed by atoms with Crippen LogP contribution in [0, 0.1) is 0 Å². The predicted octanol–water partition coefficient (Wildman–Crippen LogP) is 13.6. The molecule has 5 nitrogen and oxygen atoms in total. The van der Waals surface area contributed by atoms with Crippen LogP contribution in [0.1, 0.15) is 258 Å². The smallest absolute Gasteiger partial charge is 0.249 e. The molecule has 3 unspecified atom stereocenters. The van der Waals surface area contributed by atoms with Crippen molar-refractivity contribution in [3.8, 4) is 0 Å². The number of allylic oxidation sites excluding steroid dienone is 1. The monoisotopic (exact) mass is 736 g/mol. The maximum Gasteiger partial charge on any atom is 0.249 e. The van der Waals surface area contributed by atoms with Crippen LogP contribution in [0.5, 0.6) is 0 Å². The third-order valence-corrected chi connectivity index (χ3v) is 11.1. The minimum Gasteiger partial charge on any atom is -0.394 e. The normalized spacial score (nSPS) is 13.6. The van der Waals surface area contributed by atoms with E-state index in [-0.39, 0.29) is 6.61 Å². The molecule has 3 atom stereocenters. The molecule has 0 fully saturated rings. The van der Waals surface area contributed by atoms with Gasteiger partial charge in [-0.25, -0.2) is 0 Å². The Kier molecular flexibility index (Phi) is 42.1. The summed E-state index contributed by atoms with van der Waals surface area (Å²) in [7, 11) is 0. The second-order valence-electron chi connectivity index (χ2n) is 16.3. The van der Waals surface area contributed by atoms with Gasteiger partial charge < -0.3 is 20.6 Å². The molecule has 5 heteroatoms. The highest BCUT2D eigenvalue weighted by atomic mass is 16.3. The van der Waals surface area contributed by atoms with E-state index in [2.05, 4.69) is 19.2 Å². The van der Waals surface area contributed by atoms with Crippen LogP contribution in [0.15, 0.2) is 12.2 Å². The predicted molar refractivity (Wildman–Crippen MR) is 227 cm³/mol. The van der Waals surface area contributed by atoms with Crippen LogP contribution in [-0.2, 0) is 4.79 Å². The van der Waals surface area contributed by atoms with E-state index in [1.807, 2.05) is 6.08 Å². The first-order valence-corrected chi connectivity index (χ1v) is 23.5. The van der Waals surface area contributed by atoms with Crippen LogP contribution >= 0.6 is 0 Å². The Hall–Kier alpha value is -0.910. The summed E-state index contributed by atoms with van der Waals surface area (Å²) in [4.78, 5) is 12.5. The van der Waals surface area contributed by atoms with E-state index < -0.39 is 24.2 Å². The fraction of sp³-hybridized carbons (Fsp3) is 0.936. The van der Waals surface area contributed by atoms with Gasteiger partial charge in [-0.3, -0.25) is 4.79 Å². The van der Waals surface area contributed by atoms with Gasteiger partial charge in [0.1, 0.15) is 6.10 Å². The summed E-state index contributed by atoms with van der Waals surface area (Å²) >= 11 is 0. The molecule has 0 aliphatic rings. The molecule has 0 bridgehead atoms. The van der Waals surface area contributed by atoms with Gasteiger partial charge in [-0.2, -0.15) is 0 Å². The number of aliphatic hydroxyl groups is 3. The highest BCUT2D eigenvalue weighted by Crippen LogP contribution is 2.17. The van der Waals surface area contributed by atoms with Gasteiger partial charge in [-0.1, -0.05) is 251 Å². The van der Waals surface area contributed by atoms with Crippen molar-refractivity contribution in [1.82, 2.24) is 5.32 Å². The number of carbonyl (C=O) groups excluding carboxylic acids is 1. The van der Waals surface area contributed by atoms with Gasteiger partial charge >= 0.3 is 0 Å². The molecule has 0 aromatic heterocycles. The zero-order valence-electron chi connectivity index (χ0n) is 35.2. The van der Waals surface area contributed by atoms with E-state index in [1.165, 1.54) is 205 Å². The summed E-state index contributed by atoms with van der Waals surface area (Å²) in [6.07, 6.45) is 51.1. The lowest BCUT2D eigenvalue weighted by atomic mass is 10.0. The van der Waals surface area contributed by atoms with Gasteiger partial charge in [0.25, 0.3) is 0 Å². The van der Waals surface area contributed by atoms with Gasteiger partial charge in [0, 0.05) is 0 Å². The Bertz CT molecular complexity index is 728. The summed E-state index contributed by atoms with van der Waals surface area (Å²) in [6, 6.07) is -0.792. The highest BCUT2D eigenvalue weighted by molar-refractivity contribution is 5.80. The quantitative estimate of drug-likeness (QED) is 0.0371. The van der Waals surface area contributed by atoms with Gasteiger partial charge in [-0.05, 0) is 19.3 Å². The minimum atomic E-state index is -1.09. The molecule has 0 aromatic rings. The van der Waals surface area contributed by atoms with Crippen molar-refractivity contribution in [3.63, 3.8) is 0 Å². The molecule has 4 N–H and O–H groups in total. The molecular formula is C47H93NO4. The lowest BCUT2D eigenvalue weighted by Gasteiger charge is -2.21. The van der Waals surface area contributed by atoms with Gasteiger partial charge in [-0.15, -0.1) is 0 Å². The lowest BCUT2D eigenvalue weighted by molar-refractivity contribution is -0.131. The van der Waals surface area contributed by atoms with Crippen LogP contribution in [-0.4, -0.2) is 46.1 Å². The van der Waals surface area contributed by atoms with Gasteiger partial charge in [0.15, 0.2) is 0 Å². The number of hydrogen-bond acceptors (Lipinski definition) is 4. The molecular weight excluding hydrogens is 643 g/mol. The minimum absolute atomic E-state index is 0.359. The lowest BCUT2D eigenvalue weighted by Crippen LogP contribution is -2.48. The fourth-order valence-corrected chi connectivity index (χ4v) is 7.42. The third-order valence-electron chi connectivity index (χ3n) is 11.1. The zero-order valence-corrected chi connectivity index (χ0v) is 35.2. The van der Waals surface area contributed by atoms with Gasteiger partial charge in [0.05, 0.1) is 18.8 Å². The molecule has 310 valence electrons. The van der Waals surface area contributed by atoms with E-state index in [4.69, 9.17) is 0 Å². The van der Waals surface area contributed by atoms with Crippen LogP contribution in [0.4, 0.5) is 0 Å². The number of aliphatic hydroxyl groups excluding tert-OH is 3. The molecule has 0 aromatic carbocycles. The van der Waals surface area contributed by atoms with Crippen molar-refractivity contribution in [2.75, 3.05) is 6.61 Å². The Morgan fingerprint density at radius 3 is 1.06 bits per heavy atom. The van der Waals surface area contributed by atoms with Crippen molar-refractivity contribution in [1.29, 1.82) is 0 Å². The molecule has 0 saturated carbocycles. The average molecular weight is 736 g/mol. The number of carbonyl (C=O) groups is 1. The molecule has 0 aliphatic heterocycles. The van der Waals surface area contributed by atoms with Crippen LogP contribution in [0.25, 0.3) is 0 Å². The van der Waals surface area contributed by atoms with E-state index in [0.717, 1.165) is 32.1 Å².